The van der Waals surface area contributed by atoms with E-state index < -0.39 is 5.82 Å². The molecular weight excluding hydrogens is 298 g/mol. The van der Waals surface area contributed by atoms with Crippen molar-refractivity contribution in [3.05, 3.63) is 33.0 Å². The minimum atomic E-state index is -0.659. The molecule has 1 aromatic carbocycles. The molecule has 0 saturated carbocycles. The fraction of sp³-hybridized carbons (Fsp3) is 0.364. The van der Waals surface area contributed by atoms with E-state index in [2.05, 4.69) is 15.9 Å². The van der Waals surface area contributed by atoms with Crippen molar-refractivity contribution in [1.29, 1.82) is 0 Å². The van der Waals surface area contributed by atoms with Crippen molar-refractivity contribution in [3.63, 3.8) is 0 Å². The first-order valence-corrected chi connectivity index (χ1v) is 6.04. The molecule has 16 heavy (non-hydrogen) atoms. The minimum absolute atomic E-state index is 0.0451. The zero-order valence-corrected chi connectivity index (χ0v) is 10.6. The number of halogens is 3. The van der Waals surface area contributed by atoms with Crippen molar-refractivity contribution in [2.45, 2.75) is 6.42 Å². The highest BCUT2D eigenvalue weighted by molar-refractivity contribution is 9.10. The molecule has 1 aliphatic rings. The molecule has 86 valence electrons. The van der Waals surface area contributed by atoms with Gasteiger partial charge < -0.3 is 4.74 Å². The summed E-state index contributed by atoms with van der Waals surface area (Å²) in [5, 5.41) is -0.0511. The first kappa shape index (κ1) is 12.0. The third-order valence-corrected chi connectivity index (χ3v) is 3.86. The molecule has 0 N–H and O–H groups in total. The Balaban J connectivity index is 2.33. The van der Waals surface area contributed by atoms with Gasteiger partial charge in [0.2, 0.25) is 0 Å². The average Bonchev–Trinajstić information content (AvgIpc) is 2.79. The molecule has 1 aromatic rings. The van der Waals surface area contributed by atoms with Gasteiger partial charge in [-0.3, -0.25) is 4.79 Å². The fourth-order valence-corrected chi connectivity index (χ4v) is 2.15. The summed E-state index contributed by atoms with van der Waals surface area (Å²) in [4.78, 5) is 11.9. The molecule has 2 nitrogen and oxygen atoms in total. The van der Waals surface area contributed by atoms with Gasteiger partial charge in [0.25, 0.3) is 0 Å². The molecule has 1 fully saturated rings. The minimum Gasteiger partial charge on any atom is -0.381 e. The van der Waals surface area contributed by atoms with Crippen molar-refractivity contribution < 1.29 is 13.9 Å². The summed E-state index contributed by atoms with van der Waals surface area (Å²) in [6.45, 7) is 0.925. The Morgan fingerprint density at radius 2 is 2.31 bits per heavy atom. The first-order valence-electron chi connectivity index (χ1n) is 4.86. The van der Waals surface area contributed by atoms with E-state index in [0.29, 0.717) is 24.1 Å². The van der Waals surface area contributed by atoms with Gasteiger partial charge in [0, 0.05) is 17.0 Å². The SMILES string of the molecule is O=C(c1ccc(Br)c(Cl)c1F)C1CCOC1. The van der Waals surface area contributed by atoms with E-state index in [9.17, 15) is 9.18 Å². The molecule has 1 unspecified atom stereocenters. The van der Waals surface area contributed by atoms with E-state index in [4.69, 9.17) is 16.3 Å². The maximum absolute atomic E-state index is 13.7. The van der Waals surface area contributed by atoms with Crippen LogP contribution in [-0.2, 0) is 4.74 Å². The van der Waals surface area contributed by atoms with E-state index in [1.807, 2.05) is 0 Å². The van der Waals surface area contributed by atoms with Crippen molar-refractivity contribution in [1.82, 2.24) is 0 Å². The summed E-state index contributed by atoms with van der Waals surface area (Å²) in [5.74, 6) is -1.14. The van der Waals surface area contributed by atoms with Crippen LogP contribution < -0.4 is 0 Å². The quantitative estimate of drug-likeness (QED) is 0.618. The number of carbonyl (C=O) groups is 1. The maximum Gasteiger partial charge on any atom is 0.171 e. The van der Waals surface area contributed by atoms with E-state index >= 15 is 0 Å². The Kier molecular flexibility index (Phi) is 3.62. The molecule has 0 aromatic heterocycles. The molecule has 0 amide bonds. The van der Waals surface area contributed by atoms with E-state index in [1.165, 1.54) is 6.07 Å². The topological polar surface area (TPSA) is 26.3 Å². The van der Waals surface area contributed by atoms with Gasteiger partial charge in [0.1, 0.15) is 0 Å². The lowest BCUT2D eigenvalue weighted by Crippen LogP contribution is -2.16. The summed E-state index contributed by atoms with van der Waals surface area (Å²) in [5.41, 5.74) is 0.0451. The van der Waals surface area contributed by atoms with Crippen LogP contribution >= 0.6 is 27.5 Å². The molecule has 2 rings (SSSR count). The molecule has 5 heteroatoms. The number of hydrogen-bond acceptors (Lipinski definition) is 2. The Morgan fingerprint density at radius 1 is 1.56 bits per heavy atom. The maximum atomic E-state index is 13.7. The van der Waals surface area contributed by atoms with Crippen molar-refractivity contribution in [2.75, 3.05) is 13.2 Å². The van der Waals surface area contributed by atoms with Crippen molar-refractivity contribution in [2.24, 2.45) is 5.92 Å². The Bertz CT molecular complexity index is 430. The van der Waals surface area contributed by atoms with E-state index in [0.717, 1.165) is 0 Å². The van der Waals surface area contributed by atoms with Gasteiger partial charge in [0.05, 0.1) is 17.2 Å². The van der Waals surface area contributed by atoms with Crippen LogP contribution in [0.4, 0.5) is 4.39 Å². The lowest BCUT2D eigenvalue weighted by molar-refractivity contribution is 0.0896. The second-order valence-electron chi connectivity index (χ2n) is 3.65. The third-order valence-electron chi connectivity index (χ3n) is 2.60. The fourth-order valence-electron chi connectivity index (χ4n) is 1.68. The van der Waals surface area contributed by atoms with Gasteiger partial charge in [-0.25, -0.2) is 4.39 Å². The average molecular weight is 308 g/mol. The van der Waals surface area contributed by atoms with Gasteiger partial charge >= 0.3 is 0 Å². The highest BCUT2D eigenvalue weighted by Gasteiger charge is 2.27. The largest absolute Gasteiger partial charge is 0.381 e. The highest BCUT2D eigenvalue weighted by atomic mass is 79.9. The second-order valence-corrected chi connectivity index (χ2v) is 4.88. The number of carbonyl (C=O) groups excluding carboxylic acids is 1. The number of ether oxygens (including phenoxy) is 1. The van der Waals surface area contributed by atoms with Crippen molar-refractivity contribution >= 4 is 33.3 Å². The zero-order chi connectivity index (χ0) is 11.7. The van der Waals surface area contributed by atoms with Crippen molar-refractivity contribution in [3.8, 4) is 0 Å². The van der Waals surface area contributed by atoms with Gasteiger partial charge in [-0.05, 0) is 34.5 Å². The molecule has 1 aliphatic heterocycles. The zero-order valence-electron chi connectivity index (χ0n) is 8.30. The van der Waals surface area contributed by atoms with Gasteiger partial charge in [-0.2, -0.15) is 0 Å². The van der Waals surface area contributed by atoms with Gasteiger partial charge in [-0.1, -0.05) is 11.6 Å². The standard InChI is InChI=1S/C11H9BrClFO2/c12-8-2-1-7(10(14)9(8)13)11(15)6-3-4-16-5-6/h1-2,6H,3-5H2. The van der Waals surface area contributed by atoms with E-state index in [1.54, 1.807) is 6.07 Å². The molecule has 1 atom stereocenters. The summed E-state index contributed by atoms with van der Waals surface area (Å²) in [6, 6.07) is 3.03. The smallest absolute Gasteiger partial charge is 0.171 e. The molecule has 1 saturated heterocycles. The number of hydrogen-bond donors (Lipinski definition) is 0. The van der Waals surface area contributed by atoms with Crippen LogP contribution in [0.5, 0.6) is 0 Å². The van der Waals surface area contributed by atoms with Crippen LogP contribution in [0, 0.1) is 11.7 Å². The normalized spacial score (nSPS) is 20.1. The summed E-state index contributed by atoms with van der Waals surface area (Å²) >= 11 is 8.83. The number of benzene rings is 1. The lowest BCUT2D eigenvalue weighted by Gasteiger charge is -2.09. The predicted molar refractivity (Wildman–Crippen MR) is 62.4 cm³/mol. The lowest BCUT2D eigenvalue weighted by atomic mass is 9.97. The van der Waals surface area contributed by atoms with Crippen LogP contribution in [0.1, 0.15) is 16.8 Å². The predicted octanol–water partition coefficient (Wildman–Crippen LogP) is 3.46. The number of ketones is 1. The van der Waals surface area contributed by atoms with Crippen LogP contribution in [0.25, 0.3) is 0 Å². The molecule has 1 heterocycles. The summed E-state index contributed by atoms with van der Waals surface area (Å²) in [6.07, 6.45) is 0.645. The summed E-state index contributed by atoms with van der Waals surface area (Å²) in [7, 11) is 0. The Labute approximate surface area is 106 Å². The van der Waals surface area contributed by atoms with Gasteiger partial charge in [0.15, 0.2) is 11.6 Å². The van der Waals surface area contributed by atoms with E-state index in [-0.39, 0.29) is 22.3 Å². The molecule has 0 bridgehead atoms. The first-order chi connectivity index (χ1) is 7.61. The van der Waals surface area contributed by atoms with Crippen LogP contribution in [0.15, 0.2) is 16.6 Å². The van der Waals surface area contributed by atoms with Crippen LogP contribution in [0.2, 0.25) is 5.02 Å². The van der Waals surface area contributed by atoms with Gasteiger partial charge in [-0.15, -0.1) is 0 Å². The van der Waals surface area contributed by atoms with Crippen LogP contribution in [0.3, 0.4) is 0 Å². The van der Waals surface area contributed by atoms with Crippen LogP contribution in [-0.4, -0.2) is 19.0 Å². The molecular formula is C11H9BrClFO2. The Hall–Kier alpha value is -0.450. The third kappa shape index (κ3) is 2.14. The molecule has 0 radical (unpaired) electrons. The highest BCUT2D eigenvalue weighted by Crippen LogP contribution is 2.29. The number of rotatable bonds is 2. The number of Topliss-reactive ketones (excluding diaryl/α,β-unsaturated/α-hetero) is 1. The Morgan fingerprint density at radius 3 is 2.94 bits per heavy atom. The molecule has 0 spiro atoms. The second kappa shape index (κ2) is 4.82. The molecule has 0 aliphatic carbocycles. The summed E-state index contributed by atoms with van der Waals surface area (Å²) < 4.78 is 19.3. The monoisotopic (exact) mass is 306 g/mol.